The fraction of sp³-hybridized carbons (Fsp3) is 0.294. The summed E-state index contributed by atoms with van der Waals surface area (Å²) in [6.07, 6.45) is 0.235. The van der Waals surface area contributed by atoms with Crippen LogP contribution in [-0.2, 0) is 9.53 Å². The zero-order chi connectivity index (χ0) is 16.8. The maximum atomic E-state index is 11.9. The minimum Gasteiger partial charge on any atom is -0.493 e. The van der Waals surface area contributed by atoms with Crippen LogP contribution in [0.2, 0.25) is 0 Å². The van der Waals surface area contributed by atoms with Crippen LogP contribution in [0.5, 0.6) is 5.75 Å². The third kappa shape index (κ3) is 4.82. The first-order valence-corrected chi connectivity index (χ1v) is 7.99. The molecule has 0 spiro atoms. The predicted octanol–water partition coefficient (Wildman–Crippen LogP) is 3.56. The number of ether oxygens (including phenoxy) is 2. The summed E-state index contributed by atoms with van der Waals surface area (Å²) in [5, 5.41) is 3.35. The standard InChI is InChI=1S/C17H19NO4S/c1-11-4-5-13(10-12(11)2)22-9-8-15(19)18-16-7-6-14(23-16)17(20)21-3/h4-7,10H,8-9H2,1-3H3,(H,18,19). The minimum atomic E-state index is -0.409. The Morgan fingerprint density at radius 2 is 1.91 bits per heavy atom. The predicted molar refractivity (Wildman–Crippen MR) is 90.3 cm³/mol. The number of amides is 1. The van der Waals surface area contributed by atoms with Crippen molar-refractivity contribution in [3.63, 3.8) is 0 Å². The van der Waals surface area contributed by atoms with Crippen LogP contribution < -0.4 is 10.1 Å². The molecule has 0 aliphatic carbocycles. The molecule has 6 heteroatoms. The van der Waals surface area contributed by atoms with E-state index < -0.39 is 5.97 Å². The summed E-state index contributed by atoms with van der Waals surface area (Å²) in [6.45, 7) is 4.35. The second-order valence-electron chi connectivity index (χ2n) is 5.05. The van der Waals surface area contributed by atoms with Crippen LogP contribution in [0.3, 0.4) is 0 Å². The smallest absolute Gasteiger partial charge is 0.348 e. The number of hydrogen-bond donors (Lipinski definition) is 1. The van der Waals surface area contributed by atoms with Crippen molar-refractivity contribution in [1.82, 2.24) is 0 Å². The summed E-state index contributed by atoms with van der Waals surface area (Å²) >= 11 is 1.18. The molecule has 5 nitrogen and oxygen atoms in total. The molecule has 2 aromatic rings. The summed E-state index contributed by atoms with van der Waals surface area (Å²) in [4.78, 5) is 23.7. The fourth-order valence-corrected chi connectivity index (χ4v) is 2.72. The van der Waals surface area contributed by atoms with Crippen LogP contribution in [0.4, 0.5) is 5.00 Å². The second-order valence-corrected chi connectivity index (χ2v) is 6.13. The number of benzene rings is 1. The van der Waals surface area contributed by atoms with Gasteiger partial charge in [-0.2, -0.15) is 0 Å². The van der Waals surface area contributed by atoms with E-state index in [4.69, 9.17) is 4.74 Å². The summed E-state index contributed by atoms with van der Waals surface area (Å²) in [5.41, 5.74) is 2.36. The van der Waals surface area contributed by atoms with E-state index in [9.17, 15) is 9.59 Å². The average molecular weight is 333 g/mol. The lowest BCUT2D eigenvalue weighted by Crippen LogP contribution is -2.14. The Balaban J connectivity index is 1.79. The Labute approximate surface area is 139 Å². The molecule has 0 atom stereocenters. The van der Waals surface area contributed by atoms with Crippen molar-refractivity contribution in [2.45, 2.75) is 20.3 Å². The zero-order valence-corrected chi connectivity index (χ0v) is 14.2. The maximum Gasteiger partial charge on any atom is 0.348 e. The van der Waals surface area contributed by atoms with Crippen molar-refractivity contribution in [3.8, 4) is 5.75 Å². The molecular weight excluding hydrogens is 314 g/mol. The Morgan fingerprint density at radius 1 is 1.13 bits per heavy atom. The van der Waals surface area contributed by atoms with E-state index in [1.54, 1.807) is 12.1 Å². The number of carbonyl (C=O) groups is 2. The van der Waals surface area contributed by atoms with Gasteiger partial charge in [0.25, 0.3) is 0 Å². The van der Waals surface area contributed by atoms with Gasteiger partial charge in [0.15, 0.2) is 0 Å². The third-order valence-corrected chi connectivity index (χ3v) is 4.31. The van der Waals surface area contributed by atoms with E-state index in [-0.39, 0.29) is 12.3 Å². The third-order valence-electron chi connectivity index (χ3n) is 3.33. The molecule has 122 valence electrons. The second kappa shape index (κ2) is 7.78. The van der Waals surface area contributed by atoms with E-state index in [2.05, 4.69) is 10.1 Å². The van der Waals surface area contributed by atoms with Crippen LogP contribution in [-0.4, -0.2) is 25.6 Å². The first-order chi connectivity index (χ1) is 11.0. The van der Waals surface area contributed by atoms with E-state index >= 15 is 0 Å². The number of nitrogens with one attached hydrogen (secondary N) is 1. The Kier molecular flexibility index (Phi) is 5.76. The monoisotopic (exact) mass is 333 g/mol. The number of carbonyl (C=O) groups excluding carboxylic acids is 2. The molecule has 0 saturated heterocycles. The number of rotatable bonds is 6. The molecule has 0 aliphatic heterocycles. The van der Waals surface area contributed by atoms with Crippen molar-refractivity contribution in [1.29, 1.82) is 0 Å². The topological polar surface area (TPSA) is 64.6 Å². The molecular formula is C17H19NO4S. The molecule has 2 rings (SSSR count). The van der Waals surface area contributed by atoms with E-state index in [0.717, 1.165) is 11.3 Å². The van der Waals surface area contributed by atoms with Gasteiger partial charge in [0.1, 0.15) is 10.6 Å². The molecule has 1 amide bonds. The number of thiophene rings is 1. The van der Waals surface area contributed by atoms with Gasteiger partial charge >= 0.3 is 5.97 Å². The molecule has 0 saturated carbocycles. The molecule has 0 unspecified atom stereocenters. The van der Waals surface area contributed by atoms with Crippen LogP contribution in [0.1, 0.15) is 27.2 Å². The highest BCUT2D eigenvalue weighted by atomic mass is 32.1. The average Bonchev–Trinajstić information content (AvgIpc) is 2.98. The van der Waals surface area contributed by atoms with Gasteiger partial charge in [-0.3, -0.25) is 4.79 Å². The molecule has 0 aliphatic rings. The zero-order valence-electron chi connectivity index (χ0n) is 13.3. The number of aryl methyl sites for hydroxylation is 2. The van der Waals surface area contributed by atoms with Crippen molar-refractivity contribution in [3.05, 3.63) is 46.3 Å². The normalized spacial score (nSPS) is 10.2. The van der Waals surface area contributed by atoms with Crippen molar-refractivity contribution >= 4 is 28.2 Å². The lowest BCUT2D eigenvalue weighted by molar-refractivity contribution is -0.116. The molecule has 23 heavy (non-hydrogen) atoms. The Morgan fingerprint density at radius 3 is 2.61 bits per heavy atom. The molecule has 1 heterocycles. The van der Waals surface area contributed by atoms with Crippen molar-refractivity contribution in [2.75, 3.05) is 19.0 Å². The Hall–Kier alpha value is -2.34. The van der Waals surface area contributed by atoms with E-state index in [1.165, 1.54) is 24.0 Å². The SMILES string of the molecule is COC(=O)c1ccc(NC(=O)CCOc2ccc(C)c(C)c2)s1. The van der Waals surface area contributed by atoms with Crippen LogP contribution >= 0.6 is 11.3 Å². The Bertz CT molecular complexity index is 708. The molecule has 0 bridgehead atoms. The van der Waals surface area contributed by atoms with Gasteiger partial charge in [-0.05, 0) is 49.2 Å². The van der Waals surface area contributed by atoms with Gasteiger partial charge in [-0.15, -0.1) is 11.3 Å². The number of methoxy groups -OCH3 is 1. The minimum absolute atomic E-state index is 0.160. The highest BCUT2D eigenvalue weighted by molar-refractivity contribution is 7.18. The van der Waals surface area contributed by atoms with Gasteiger partial charge in [0, 0.05) is 0 Å². The van der Waals surface area contributed by atoms with Gasteiger partial charge in [0.2, 0.25) is 5.91 Å². The molecule has 1 N–H and O–H groups in total. The fourth-order valence-electron chi connectivity index (χ4n) is 1.88. The number of esters is 1. The van der Waals surface area contributed by atoms with Crippen LogP contribution in [0.25, 0.3) is 0 Å². The first-order valence-electron chi connectivity index (χ1n) is 7.17. The number of anilines is 1. The molecule has 1 aromatic carbocycles. The highest BCUT2D eigenvalue weighted by Gasteiger charge is 2.11. The summed E-state index contributed by atoms with van der Waals surface area (Å²) in [6, 6.07) is 9.14. The van der Waals surface area contributed by atoms with E-state index in [0.29, 0.717) is 16.5 Å². The van der Waals surface area contributed by atoms with Gasteiger partial charge in [0.05, 0.1) is 25.1 Å². The summed E-state index contributed by atoms with van der Waals surface area (Å²) in [7, 11) is 1.32. The molecule has 0 fully saturated rings. The van der Waals surface area contributed by atoms with Crippen LogP contribution in [0.15, 0.2) is 30.3 Å². The quantitative estimate of drug-likeness (QED) is 0.821. The highest BCUT2D eigenvalue weighted by Crippen LogP contribution is 2.22. The van der Waals surface area contributed by atoms with Gasteiger partial charge in [-0.1, -0.05) is 6.07 Å². The maximum absolute atomic E-state index is 11.9. The van der Waals surface area contributed by atoms with Crippen molar-refractivity contribution in [2.24, 2.45) is 0 Å². The summed E-state index contributed by atoms with van der Waals surface area (Å²) in [5.74, 6) is 0.186. The van der Waals surface area contributed by atoms with E-state index in [1.807, 2.05) is 32.0 Å². The molecule has 0 radical (unpaired) electrons. The lowest BCUT2D eigenvalue weighted by Gasteiger charge is -2.08. The van der Waals surface area contributed by atoms with Crippen molar-refractivity contribution < 1.29 is 19.1 Å². The first kappa shape index (κ1) is 17.0. The molecule has 1 aromatic heterocycles. The largest absolute Gasteiger partial charge is 0.493 e. The van der Waals surface area contributed by atoms with Gasteiger partial charge < -0.3 is 14.8 Å². The lowest BCUT2D eigenvalue weighted by atomic mass is 10.1. The number of hydrogen-bond acceptors (Lipinski definition) is 5. The summed E-state index contributed by atoms with van der Waals surface area (Å²) < 4.78 is 10.2. The van der Waals surface area contributed by atoms with Crippen LogP contribution in [0, 0.1) is 13.8 Å². The van der Waals surface area contributed by atoms with Gasteiger partial charge in [-0.25, -0.2) is 4.79 Å².